The summed E-state index contributed by atoms with van der Waals surface area (Å²) in [7, 11) is -2.38. The zero-order valence-electron chi connectivity index (χ0n) is 38.4. The Morgan fingerprint density at radius 2 is 1.17 bits per heavy atom. The van der Waals surface area contributed by atoms with E-state index < -0.39 is 46.7 Å². The number of hydrogen-bond acceptors (Lipinski definition) is 10. The van der Waals surface area contributed by atoms with Crippen LogP contribution in [0.5, 0.6) is 17.2 Å². The van der Waals surface area contributed by atoms with Crippen molar-refractivity contribution in [1.29, 1.82) is 0 Å². The summed E-state index contributed by atoms with van der Waals surface area (Å²) in [6.45, 7) is 39.0. The highest BCUT2D eigenvalue weighted by Crippen LogP contribution is 2.40. The van der Waals surface area contributed by atoms with Crippen molar-refractivity contribution in [3.63, 3.8) is 0 Å². The van der Waals surface area contributed by atoms with E-state index in [1.165, 1.54) is 6.92 Å². The second-order valence-corrected chi connectivity index (χ2v) is 27.0. The summed E-state index contributed by atoms with van der Waals surface area (Å²) in [5.41, 5.74) is 4.91. The van der Waals surface area contributed by atoms with E-state index in [1.54, 1.807) is 33.1 Å². The van der Waals surface area contributed by atoms with Gasteiger partial charge >= 0.3 is 17.9 Å². The van der Waals surface area contributed by atoms with Crippen molar-refractivity contribution < 1.29 is 42.2 Å². The second kappa shape index (κ2) is 20.9. The van der Waals surface area contributed by atoms with Gasteiger partial charge in [0.05, 0.1) is 37.5 Å². The molecule has 3 aromatic rings. The first kappa shape index (κ1) is 50.3. The first-order chi connectivity index (χ1) is 27.2. The van der Waals surface area contributed by atoms with Gasteiger partial charge in [-0.1, -0.05) is 79.0 Å². The van der Waals surface area contributed by atoms with Crippen molar-refractivity contribution in [3.8, 4) is 17.2 Å². The van der Waals surface area contributed by atoms with Crippen LogP contribution in [0.15, 0.2) is 85.0 Å². The van der Waals surface area contributed by atoms with Gasteiger partial charge in [0.15, 0.2) is 6.10 Å². The summed E-state index contributed by atoms with van der Waals surface area (Å²) in [6, 6.07) is 18.6. The van der Waals surface area contributed by atoms with Gasteiger partial charge in [-0.2, -0.15) is 0 Å². The Labute approximate surface area is 355 Å². The summed E-state index contributed by atoms with van der Waals surface area (Å²) < 4.78 is 33.9. The van der Waals surface area contributed by atoms with E-state index >= 15 is 0 Å². The van der Waals surface area contributed by atoms with E-state index in [9.17, 15) is 14.4 Å². The molecule has 0 amide bonds. The van der Waals surface area contributed by atoms with Gasteiger partial charge in [0.25, 0.3) is 0 Å². The maximum absolute atomic E-state index is 12.6. The first-order valence-corrected chi connectivity index (χ1v) is 25.9. The zero-order chi connectivity index (χ0) is 45.1. The summed E-state index contributed by atoms with van der Waals surface area (Å²) in [4.78, 5) is 36.2. The number of nitrogens with one attached hydrogen (secondary N) is 1. The monoisotopic (exact) mass is 847 g/mol. The maximum Gasteiger partial charge on any atom is 0.337 e. The lowest BCUT2D eigenvalue weighted by molar-refractivity contribution is -0.148. The van der Waals surface area contributed by atoms with E-state index in [0.29, 0.717) is 16.9 Å². The average molecular weight is 848 g/mol. The van der Waals surface area contributed by atoms with Gasteiger partial charge < -0.3 is 33.1 Å². The molecule has 2 atom stereocenters. The lowest BCUT2D eigenvalue weighted by Crippen LogP contribution is -2.43. The summed E-state index contributed by atoms with van der Waals surface area (Å²) in [6.07, 6.45) is -0.908. The molecule has 59 heavy (non-hydrogen) atoms. The van der Waals surface area contributed by atoms with Gasteiger partial charge in [-0.3, -0.25) is 4.79 Å². The molecular formula is C47H69NO9Si2. The van der Waals surface area contributed by atoms with E-state index in [-0.39, 0.29) is 28.9 Å². The van der Waals surface area contributed by atoms with Crippen LogP contribution >= 0.6 is 0 Å². The Kier molecular flexibility index (Phi) is 17.9. The van der Waals surface area contributed by atoms with E-state index in [1.807, 2.05) is 62.4 Å². The van der Waals surface area contributed by atoms with Crippen LogP contribution in [0.1, 0.15) is 96.7 Å². The molecule has 3 aromatic carbocycles. The van der Waals surface area contributed by atoms with E-state index in [0.717, 1.165) is 33.9 Å². The highest BCUT2D eigenvalue weighted by atomic mass is 28.4. The van der Waals surface area contributed by atoms with Crippen molar-refractivity contribution in [2.75, 3.05) is 25.6 Å². The number of carbonyl (C=O) groups is 3. The van der Waals surface area contributed by atoms with Crippen LogP contribution in [0.3, 0.4) is 0 Å². The predicted molar refractivity (Wildman–Crippen MR) is 243 cm³/mol. The number of carbonyl (C=O) groups excluding carboxylic acids is 3. The molecule has 0 saturated heterocycles. The fraction of sp³-hybridized carbons (Fsp3) is 0.468. The molecule has 0 aliphatic rings. The quantitative estimate of drug-likeness (QED) is 0.0646. The molecule has 0 bridgehead atoms. The highest BCUT2D eigenvalue weighted by Gasteiger charge is 2.40. The highest BCUT2D eigenvalue weighted by molar-refractivity contribution is 6.75. The lowest BCUT2D eigenvalue weighted by Gasteiger charge is -2.36. The van der Waals surface area contributed by atoms with Gasteiger partial charge in [0.1, 0.15) is 17.2 Å². The molecule has 0 heterocycles. The van der Waals surface area contributed by atoms with Crippen LogP contribution in [-0.4, -0.2) is 54.9 Å². The Morgan fingerprint density at radius 3 is 1.61 bits per heavy atom. The van der Waals surface area contributed by atoms with Crippen molar-refractivity contribution in [2.45, 2.75) is 125 Å². The van der Waals surface area contributed by atoms with Gasteiger partial charge in [-0.15, -0.1) is 0 Å². The molecule has 0 aromatic heterocycles. The van der Waals surface area contributed by atoms with E-state index in [2.05, 4.69) is 86.2 Å². The molecule has 0 aliphatic heterocycles. The smallest absolute Gasteiger partial charge is 0.337 e. The molecular weight excluding hydrogens is 779 g/mol. The average Bonchev–Trinajstić information content (AvgIpc) is 3.13. The summed E-state index contributed by atoms with van der Waals surface area (Å²) in [5.74, 6) is 0.739. The number of esters is 3. The van der Waals surface area contributed by atoms with Crippen LogP contribution in [-0.2, 0) is 28.6 Å². The Balaban J connectivity index is 0.000000419. The Bertz CT molecular complexity index is 1960. The van der Waals surface area contributed by atoms with Gasteiger partial charge in [-0.05, 0) is 111 Å². The molecule has 0 radical (unpaired) electrons. The van der Waals surface area contributed by atoms with Gasteiger partial charge in [0, 0.05) is 24.2 Å². The zero-order valence-corrected chi connectivity index (χ0v) is 40.4. The molecule has 0 saturated carbocycles. The summed E-state index contributed by atoms with van der Waals surface area (Å²) >= 11 is 0. The number of aryl methyl sites for hydroxylation is 1. The van der Waals surface area contributed by atoms with Crippen LogP contribution in [0.2, 0.25) is 36.3 Å². The number of hydrogen-bond donors (Lipinski definition) is 1. The molecule has 324 valence electrons. The molecule has 1 N–H and O–H groups in total. The molecule has 0 spiro atoms. The van der Waals surface area contributed by atoms with Crippen LogP contribution in [0.4, 0.5) is 5.69 Å². The van der Waals surface area contributed by atoms with Gasteiger partial charge in [-0.25, -0.2) is 9.59 Å². The standard InChI is InChI=1S/C27H39NO4Si.C20H30O5Si/c1-11-31-26(29)20(4)25(28-22-15-18(2)19(3)24(17-22)30-8)21-13-12-14-23(16-21)32-33(9,10)27(5,6)7;1-9-23-19(22)14(2)18(24-15(3)21)16-11-10-12-17(13-16)25-26(7,8)20(4,5)6/h12-17,25,28H,4,11H2,1-3,5-10H3;10-13,18H,2,9H2,1,3-8H3/t25-;/m1./s1. The molecule has 12 heteroatoms. The number of benzene rings is 3. The fourth-order valence-electron chi connectivity index (χ4n) is 5.23. The van der Waals surface area contributed by atoms with Crippen LogP contribution in [0.25, 0.3) is 0 Å². The summed E-state index contributed by atoms with van der Waals surface area (Å²) in [5, 5.41) is 3.60. The van der Waals surface area contributed by atoms with Crippen molar-refractivity contribution in [3.05, 3.63) is 107 Å². The molecule has 1 unspecified atom stereocenters. The fourth-order valence-corrected chi connectivity index (χ4v) is 7.28. The number of rotatable bonds is 16. The predicted octanol–water partition coefficient (Wildman–Crippen LogP) is 11.8. The third-order valence-electron chi connectivity index (χ3n) is 10.9. The first-order valence-electron chi connectivity index (χ1n) is 20.1. The van der Waals surface area contributed by atoms with Crippen molar-refractivity contribution in [2.24, 2.45) is 0 Å². The number of ether oxygens (including phenoxy) is 4. The van der Waals surface area contributed by atoms with Gasteiger partial charge in [0.2, 0.25) is 16.6 Å². The van der Waals surface area contributed by atoms with Crippen LogP contribution in [0, 0.1) is 13.8 Å². The number of methoxy groups -OCH3 is 1. The molecule has 10 nitrogen and oxygen atoms in total. The maximum atomic E-state index is 12.6. The van der Waals surface area contributed by atoms with Crippen LogP contribution < -0.4 is 18.9 Å². The largest absolute Gasteiger partial charge is 0.543 e. The topological polar surface area (TPSA) is 119 Å². The third kappa shape index (κ3) is 14.2. The normalized spacial score (nSPS) is 12.7. The second-order valence-electron chi connectivity index (χ2n) is 17.5. The molecule has 3 rings (SSSR count). The molecule has 0 fully saturated rings. The molecule has 0 aliphatic carbocycles. The Morgan fingerprint density at radius 1 is 0.712 bits per heavy atom. The number of anilines is 1. The van der Waals surface area contributed by atoms with Crippen molar-refractivity contribution >= 4 is 40.2 Å². The minimum Gasteiger partial charge on any atom is -0.543 e. The SMILES string of the molecule is C=C(C(=O)OCC)C(OC(C)=O)c1cccc(O[Si](C)(C)C(C)(C)C)c1.C=C(C(=O)OCC)[C@@H](Nc1cc(C)c(C)c(OC)c1)c1cccc(O[Si](C)(C)C(C)(C)C)c1. The van der Waals surface area contributed by atoms with Crippen molar-refractivity contribution in [1.82, 2.24) is 0 Å². The Hall–Kier alpha value is -4.82. The minimum atomic E-state index is -2.02. The minimum absolute atomic E-state index is 0.0484. The van der Waals surface area contributed by atoms with E-state index in [4.69, 9.17) is 27.8 Å². The lowest BCUT2D eigenvalue weighted by atomic mass is 9.98. The third-order valence-corrected chi connectivity index (χ3v) is 19.6.